The van der Waals surface area contributed by atoms with E-state index >= 15 is 0 Å². The molecule has 1 fully saturated rings. The van der Waals surface area contributed by atoms with Crippen molar-refractivity contribution in [3.63, 3.8) is 0 Å². The van der Waals surface area contributed by atoms with Gasteiger partial charge in [0.1, 0.15) is 12.3 Å². The summed E-state index contributed by atoms with van der Waals surface area (Å²) in [6.45, 7) is 9.81. The summed E-state index contributed by atoms with van der Waals surface area (Å²) < 4.78 is 0. The quantitative estimate of drug-likeness (QED) is 0.699. The van der Waals surface area contributed by atoms with Crippen LogP contribution in [0.5, 0.6) is 0 Å². The van der Waals surface area contributed by atoms with Gasteiger partial charge in [-0.25, -0.2) is 0 Å². The van der Waals surface area contributed by atoms with Crippen LogP contribution >= 0.6 is 0 Å². The van der Waals surface area contributed by atoms with Crippen molar-refractivity contribution in [2.45, 2.75) is 26.1 Å². The number of hydrogen-bond acceptors (Lipinski definition) is 5. The van der Waals surface area contributed by atoms with Gasteiger partial charge in [0.05, 0.1) is 0 Å². The largest absolute Gasteiger partial charge is 0.371 e. The molecule has 0 aromatic heterocycles. The van der Waals surface area contributed by atoms with Crippen LogP contribution in [0.4, 0.5) is 0 Å². The Balaban J connectivity index is 1.53. The lowest BCUT2D eigenvalue weighted by Gasteiger charge is -2.34. The number of rotatable bonds is 7. The van der Waals surface area contributed by atoms with Crippen molar-refractivity contribution in [2.24, 2.45) is 0 Å². The fourth-order valence-corrected chi connectivity index (χ4v) is 4.58. The van der Waals surface area contributed by atoms with Crippen molar-refractivity contribution in [2.75, 3.05) is 46.8 Å². The molecule has 0 amide bonds. The number of fused-ring (bicyclic) bond motifs is 1. The van der Waals surface area contributed by atoms with Crippen LogP contribution in [0, 0.1) is 0 Å². The van der Waals surface area contributed by atoms with Crippen molar-refractivity contribution in [1.82, 2.24) is 20.0 Å². The minimum atomic E-state index is -0.313. The third kappa shape index (κ3) is 5.06. The summed E-state index contributed by atoms with van der Waals surface area (Å²) in [7, 11) is 4.15. The van der Waals surface area contributed by atoms with Gasteiger partial charge in [-0.2, -0.15) is 0 Å². The predicted octanol–water partition coefficient (Wildman–Crippen LogP) is 3.23. The summed E-state index contributed by atoms with van der Waals surface area (Å²) in [5.41, 5.74) is 6.94. The van der Waals surface area contributed by atoms with Gasteiger partial charge in [-0.05, 0) is 54.5 Å². The van der Waals surface area contributed by atoms with E-state index in [-0.39, 0.29) is 6.04 Å². The number of benzene rings is 2. The third-order valence-corrected chi connectivity index (χ3v) is 6.37. The summed E-state index contributed by atoms with van der Waals surface area (Å²) in [6, 6.07) is 14.7. The van der Waals surface area contributed by atoms with Crippen LogP contribution in [-0.4, -0.2) is 67.8 Å². The molecule has 1 N–H and O–H groups in total. The zero-order valence-corrected chi connectivity index (χ0v) is 19.0. The highest BCUT2D eigenvalue weighted by Gasteiger charge is 2.23. The van der Waals surface area contributed by atoms with E-state index in [1.165, 1.54) is 16.7 Å². The van der Waals surface area contributed by atoms with Gasteiger partial charge in [0, 0.05) is 45.0 Å². The summed E-state index contributed by atoms with van der Waals surface area (Å²) >= 11 is 0. The van der Waals surface area contributed by atoms with E-state index in [4.69, 9.17) is 0 Å². The monoisotopic (exact) mass is 418 g/mol. The molecule has 164 valence electrons. The Morgan fingerprint density at radius 1 is 1.03 bits per heavy atom. The molecular formula is C26H34N4O. The fourth-order valence-electron chi connectivity index (χ4n) is 4.58. The minimum Gasteiger partial charge on any atom is -0.371 e. The average molecular weight is 419 g/mol. The van der Waals surface area contributed by atoms with Gasteiger partial charge in [0.15, 0.2) is 0 Å². The van der Waals surface area contributed by atoms with Crippen LogP contribution in [0.15, 0.2) is 42.5 Å². The molecule has 31 heavy (non-hydrogen) atoms. The Hall–Kier alpha value is -2.47. The number of nitrogens with zero attached hydrogens (tertiary/aromatic N) is 3. The van der Waals surface area contributed by atoms with Crippen LogP contribution in [0.3, 0.4) is 0 Å². The maximum absolute atomic E-state index is 11.8. The molecular weight excluding hydrogens is 384 g/mol. The lowest BCUT2D eigenvalue weighted by Crippen LogP contribution is -2.45. The van der Waals surface area contributed by atoms with Gasteiger partial charge in [-0.15, -0.1) is 0 Å². The molecule has 5 nitrogen and oxygen atoms in total. The Bertz CT molecular complexity index is 927. The highest BCUT2D eigenvalue weighted by molar-refractivity contribution is 5.88. The Morgan fingerprint density at radius 2 is 1.74 bits per heavy atom. The van der Waals surface area contributed by atoms with Gasteiger partial charge in [-0.3, -0.25) is 4.90 Å². The van der Waals surface area contributed by atoms with E-state index in [1.54, 1.807) is 0 Å². The Kier molecular flexibility index (Phi) is 6.86. The number of piperazine rings is 1. The van der Waals surface area contributed by atoms with Crippen LogP contribution in [0.1, 0.15) is 40.8 Å². The van der Waals surface area contributed by atoms with Crippen molar-refractivity contribution in [3.8, 4) is 0 Å². The second-order valence-corrected chi connectivity index (χ2v) is 8.88. The number of likely N-dealkylation sites (N-methyl/N-ethyl adjacent to an activating group) is 1. The summed E-state index contributed by atoms with van der Waals surface area (Å²) in [6.07, 6.45) is 3.21. The molecule has 2 aromatic rings. The first kappa shape index (κ1) is 21.8. The summed E-state index contributed by atoms with van der Waals surface area (Å²) in [5, 5.41) is 3.43. The minimum absolute atomic E-state index is 0.313. The van der Waals surface area contributed by atoms with Crippen molar-refractivity contribution >= 4 is 18.1 Å². The first-order valence-corrected chi connectivity index (χ1v) is 11.3. The Labute approximate surface area is 186 Å². The second-order valence-electron chi connectivity index (χ2n) is 8.88. The first-order chi connectivity index (χ1) is 15.1. The van der Waals surface area contributed by atoms with Crippen molar-refractivity contribution in [1.29, 1.82) is 0 Å². The highest BCUT2D eigenvalue weighted by atomic mass is 16.1. The van der Waals surface area contributed by atoms with Crippen LogP contribution in [0.2, 0.25) is 0 Å². The topological polar surface area (TPSA) is 38.8 Å². The van der Waals surface area contributed by atoms with E-state index in [1.807, 2.05) is 6.07 Å². The second kappa shape index (κ2) is 9.77. The van der Waals surface area contributed by atoms with Crippen LogP contribution < -0.4 is 5.32 Å². The summed E-state index contributed by atoms with van der Waals surface area (Å²) in [5.74, 6) is 0. The smallest absolute Gasteiger partial charge is 0.146 e. The highest BCUT2D eigenvalue weighted by Crippen LogP contribution is 2.32. The zero-order valence-electron chi connectivity index (χ0n) is 19.0. The molecule has 1 unspecified atom stereocenters. The van der Waals surface area contributed by atoms with Gasteiger partial charge in [-0.1, -0.05) is 49.4 Å². The SMILES string of the molecule is CCN1CCN(Cc2ccc(C3=Cc4c(CN(C)C)cccc4C(C=O)N3)cc2)CC1. The molecule has 0 radical (unpaired) electrons. The zero-order chi connectivity index (χ0) is 21.8. The average Bonchev–Trinajstić information content (AvgIpc) is 2.79. The van der Waals surface area contributed by atoms with Gasteiger partial charge >= 0.3 is 0 Å². The van der Waals surface area contributed by atoms with Gasteiger partial charge in [0.25, 0.3) is 0 Å². The maximum atomic E-state index is 11.8. The van der Waals surface area contributed by atoms with E-state index in [0.29, 0.717) is 0 Å². The Morgan fingerprint density at radius 3 is 2.39 bits per heavy atom. The van der Waals surface area contributed by atoms with E-state index in [2.05, 4.69) is 83.5 Å². The molecule has 0 spiro atoms. The van der Waals surface area contributed by atoms with Crippen molar-refractivity contribution in [3.05, 3.63) is 70.3 Å². The number of carbonyl (C=O) groups excluding carboxylic acids is 1. The molecule has 2 aromatic carbocycles. The fraction of sp³-hybridized carbons (Fsp3) is 0.423. The predicted molar refractivity (Wildman–Crippen MR) is 127 cm³/mol. The lowest BCUT2D eigenvalue weighted by atomic mass is 9.90. The van der Waals surface area contributed by atoms with Crippen molar-refractivity contribution < 1.29 is 4.79 Å². The van der Waals surface area contributed by atoms with Gasteiger partial charge in [0.2, 0.25) is 0 Å². The van der Waals surface area contributed by atoms with E-state index in [0.717, 1.165) is 68.9 Å². The van der Waals surface area contributed by atoms with Crippen LogP contribution in [-0.2, 0) is 17.9 Å². The normalized spacial score (nSPS) is 19.6. The molecule has 2 heterocycles. The number of nitrogens with one attached hydrogen (secondary N) is 1. The number of aldehydes is 1. The molecule has 0 aliphatic carbocycles. The molecule has 5 heteroatoms. The molecule has 1 atom stereocenters. The maximum Gasteiger partial charge on any atom is 0.146 e. The number of carbonyl (C=O) groups is 1. The lowest BCUT2D eigenvalue weighted by molar-refractivity contribution is -0.109. The molecule has 0 saturated carbocycles. The van der Waals surface area contributed by atoms with E-state index < -0.39 is 0 Å². The van der Waals surface area contributed by atoms with Crippen LogP contribution in [0.25, 0.3) is 11.8 Å². The molecule has 2 aliphatic heterocycles. The van der Waals surface area contributed by atoms with Gasteiger partial charge < -0.3 is 19.9 Å². The first-order valence-electron chi connectivity index (χ1n) is 11.3. The molecule has 1 saturated heterocycles. The third-order valence-electron chi connectivity index (χ3n) is 6.37. The molecule has 4 rings (SSSR count). The van der Waals surface area contributed by atoms with E-state index in [9.17, 15) is 4.79 Å². The standard InChI is InChI=1S/C26H34N4O/c1-4-29-12-14-30(15-13-29)17-20-8-10-21(11-9-20)25-16-24-22(18-28(2)3)6-5-7-23(24)26(19-31)27-25/h5-11,16,19,26-27H,4,12-15,17-18H2,1-3H3. The number of hydrogen-bond donors (Lipinski definition) is 1. The molecule has 0 bridgehead atoms. The molecule has 2 aliphatic rings. The summed E-state index contributed by atoms with van der Waals surface area (Å²) in [4.78, 5) is 19.0.